The van der Waals surface area contributed by atoms with Crippen LogP contribution in [0.4, 0.5) is 0 Å². The van der Waals surface area contributed by atoms with Crippen LogP contribution < -0.4 is 0 Å². The molecule has 0 aliphatic heterocycles. The molecule has 0 N–H and O–H groups in total. The van der Waals surface area contributed by atoms with Crippen molar-refractivity contribution in [2.45, 2.75) is 18.7 Å². The predicted octanol–water partition coefficient (Wildman–Crippen LogP) is 5.09. The molecule has 7 heteroatoms. The van der Waals surface area contributed by atoms with Gasteiger partial charge in [-0.15, -0.1) is 0 Å². The van der Waals surface area contributed by atoms with Crippen LogP contribution in [-0.2, 0) is 14.6 Å². The second-order valence-corrected chi connectivity index (χ2v) is 9.72. The number of carbonyl (C=O) groups is 1. The Balaban J connectivity index is 1.78. The van der Waals surface area contributed by atoms with Crippen LogP contribution in [0.5, 0.6) is 0 Å². The molecule has 0 aliphatic carbocycles. The van der Waals surface area contributed by atoms with E-state index >= 15 is 0 Å². The highest BCUT2D eigenvalue weighted by atomic mass is 32.2. The van der Waals surface area contributed by atoms with Crippen LogP contribution in [0, 0.1) is 6.92 Å². The fourth-order valence-corrected chi connectivity index (χ4v) is 4.28. The summed E-state index contributed by atoms with van der Waals surface area (Å²) in [7, 11) is -3.29. The van der Waals surface area contributed by atoms with Gasteiger partial charge in [0.15, 0.2) is 15.5 Å². The van der Waals surface area contributed by atoms with Crippen LogP contribution in [0.15, 0.2) is 83.9 Å². The molecule has 0 saturated heterocycles. The van der Waals surface area contributed by atoms with E-state index in [0.717, 1.165) is 27.9 Å². The molecule has 6 nitrogen and oxygen atoms in total. The van der Waals surface area contributed by atoms with E-state index in [1.165, 1.54) is 6.26 Å². The van der Waals surface area contributed by atoms with Crippen molar-refractivity contribution in [1.82, 2.24) is 9.55 Å². The van der Waals surface area contributed by atoms with Gasteiger partial charge in [-0.2, -0.15) is 0 Å². The number of aryl methyl sites for hydroxylation is 1. The molecule has 4 rings (SSSR count). The molecule has 4 aromatic rings. The monoisotopic (exact) mass is 460 g/mol. The normalized spacial score (nSPS) is 11.4. The molecule has 1 heterocycles. The van der Waals surface area contributed by atoms with Crippen molar-refractivity contribution in [3.63, 3.8) is 0 Å². The summed E-state index contributed by atoms with van der Waals surface area (Å²) in [6.07, 6.45) is 2.88. The van der Waals surface area contributed by atoms with E-state index in [1.54, 1.807) is 31.3 Å². The zero-order valence-electron chi connectivity index (χ0n) is 18.6. The second-order valence-electron chi connectivity index (χ2n) is 7.70. The molecular weight excluding hydrogens is 436 g/mol. The predicted molar refractivity (Wildman–Crippen MR) is 128 cm³/mol. The van der Waals surface area contributed by atoms with E-state index in [-0.39, 0.29) is 17.2 Å². The number of nitrogens with zero attached hydrogens (tertiary/aromatic N) is 2. The average Bonchev–Trinajstić information content (AvgIpc) is 3.25. The number of sulfone groups is 1. The van der Waals surface area contributed by atoms with E-state index in [4.69, 9.17) is 4.74 Å². The number of benzene rings is 3. The summed E-state index contributed by atoms with van der Waals surface area (Å²) in [4.78, 5) is 17.2. The van der Waals surface area contributed by atoms with E-state index in [0.29, 0.717) is 5.82 Å². The summed E-state index contributed by atoms with van der Waals surface area (Å²) in [5.74, 6) is 0.170. The molecule has 0 atom stereocenters. The fourth-order valence-electron chi connectivity index (χ4n) is 3.62. The molecule has 0 fully saturated rings. The minimum Gasteiger partial charge on any atom is -0.461 e. The van der Waals surface area contributed by atoms with E-state index < -0.39 is 15.8 Å². The maximum absolute atomic E-state index is 12.4. The summed E-state index contributed by atoms with van der Waals surface area (Å²) >= 11 is 0. The van der Waals surface area contributed by atoms with Crippen LogP contribution in [0.3, 0.4) is 0 Å². The molecule has 1 aromatic heterocycles. The van der Waals surface area contributed by atoms with Crippen LogP contribution in [-0.4, -0.2) is 36.8 Å². The quantitative estimate of drug-likeness (QED) is 0.374. The van der Waals surface area contributed by atoms with Crippen LogP contribution in [0.25, 0.3) is 28.2 Å². The summed E-state index contributed by atoms with van der Waals surface area (Å²) in [5.41, 5.74) is 4.69. The molecule has 0 bridgehead atoms. The third kappa shape index (κ3) is 4.73. The Morgan fingerprint density at radius 2 is 1.70 bits per heavy atom. The van der Waals surface area contributed by atoms with Gasteiger partial charge in [0.05, 0.1) is 11.5 Å². The third-order valence-corrected chi connectivity index (χ3v) is 6.43. The van der Waals surface area contributed by atoms with Gasteiger partial charge in [0.2, 0.25) is 0 Å². The first-order chi connectivity index (χ1) is 15.8. The number of hydrogen-bond acceptors (Lipinski definition) is 5. The largest absolute Gasteiger partial charge is 0.461 e. The van der Waals surface area contributed by atoms with Gasteiger partial charge < -0.3 is 4.74 Å². The highest BCUT2D eigenvalue weighted by molar-refractivity contribution is 7.90. The van der Waals surface area contributed by atoms with Crippen molar-refractivity contribution >= 4 is 15.8 Å². The highest BCUT2D eigenvalue weighted by Crippen LogP contribution is 2.28. The number of imidazole rings is 1. The molecule has 168 valence electrons. The van der Waals surface area contributed by atoms with Gasteiger partial charge in [0.1, 0.15) is 5.82 Å². The minimum absolute atomic E-state index is 0.236. The highest BCUT2D eigenvalue weighted by Gasteiger charge is 2.19. The van der Waals surface area contributed by atoms with Crippen molar-refractivity contribution in [3.05, 3.63) is 90.3 Å². The van der Waals surface area contributed by atoms with Crippen molar-refractivity contribution in [3.8, 4) is 28.2 Å². The lowest BCUT2D eigenvalue weighted by molar-refractivity contribution is 0.0520. The first-order valence-electron chi connectivity index (χ1n) is 10.5. The van der Waals surface area contributed by atoms with Crippen LogP contribution in [0.1, 0.15) is 23.0 Å². The first kappa shape index (κ1) is 22.5. The van der Waals surface area contributed by atoms with Gasteiger partial charge in [-0.1, -0.05) is 48.5 Å². The van der Waals surface area contributed by atoms with Crippen LogP contribution >= 0.6 is 0 Å². The maximum atomic E-state index is 12.4. The average molecular weight is 461 g/mol. The summed E-state index contributed by atoms with van der Waals surface area (Å²) in [5, 5.41) is 0. The summed E-state index contributed by atoms with van der Waals surface area (Å²) < 4.78 is 30.8. The van der Waals surface area contributed by atoms with Crippen molar-refractivity contribution in [2.24, 2.45) is 0 Å². The van der Waals surface area contributed by atoms with Gasteiger partial charge in [-0.25, -0.2) is 18.2 Å². The number of aromatic nitrogens is 2. The minimum atomic E-state index is -3.29. The Kier molecular flexibility index (Phi) is 6.16. The molecule has 0 radical (unpaired) electrons. The lowest BCUT2D eigenvalue weighted by atomic mass is 10.1. The fraction of sp³-hybridized carbons (Fsp3) is 0.154. The van der Waals surface area contributed by atoms with Crippen molar-refractivity contribution in [1.29, 1.82) is 0 Å². The van der Waals surface area contributed by atoms with Gasteiger partial charge in [-0.05, 0) is 54.8 Å². The van der Waals surface area contributed by atoms with Crippen molar-refractivity contribution in [2.75, 3.05) is 12.9 Å². The Hall–Kier alpha value is -3.71. The molecule has 0 aliphatic rings. The third-order valence-electron chi connectivity index (χ3n) is 5.32. The zero-order valence-corrected chi connectivity index (χ0v) is 19.5. The number of hydrogen-bond donors (Lipinski definition) is 0. The van der Waals surface area contributed by atoms with E-state index in [1.807, 2.05) is 66.1 Å². The lowest BCUT2D eigenvalue weighted by Gasteiger charge is -2.11. The van der Waals surface area contributed by atoms with Gasteiger partial charge in [0, 0.05) is 23.7 Å². The molecular formula is C26H24N2O4S. The second kappa shape index (κ2) is 9.03. The standard InChI is InChI=1S/C26H24N2O4S/c1-4-32-26(29)24-17-28(25(27-24)23-11-6-5-8-18(23)2)21-14-12-19(13-15-21)20-9-7-10-22(16-20)33(3,30)31/h5-17H,4H2,1-3H3. The van der Waals surface area contributed by atoms with E-state index in [9.17, 15) is 13.2 Å². The maximum Gasteiger partial charge on any atom is 0.358 e. The summed E-state index contributed by atoms with van der Waals surface area (Å²) in [6.45, 7) is 4.03. The Labute approximate surface area is 193 Å². The van der Waals surface area contributed by atoms with Crippen LogP contribution in [0.2, 0.25) is 0 Å². The van der Waals surface area contributed by atoms with Gasteiger partial charge >= 0.3 is 5.97 Å². The first-order valence-corrected chi connectivity index (χ1v) is 12.4. The topological polar surface area (TPSA) is 78.3 Å². The molecule has 0 saturated carbocycles. The Bertz CT molecular complexity index is 1420. The molecule has 3 aromatic carbocycles. The molecule has 33 heavy (non-hydrogen) atoms. The Morgan fingerprint density at radius 1 is 0.970 bits per heavy atom. The van der Waals surface area contributed by atoms with Gasteiger partial charge in [-0.3, -0.25) is 4.57 Å². The SMILES string of the molecule is CCOC(=O)c1cn(-c2ccc(-c3cccc(S(C)(=O)=O)c3)cc2)c(-c2ccccc2C)n1. The smallest absolute Gasteiger partial charge is 0.358 e. The number of rotatable bonds is 6. The molecule has 0 spiro atoms. The van der Waals surface area contributed by atoms with Gasteiger partial charge in [0.25, 0.3) is 0 Å². The zero-order chi connectivity index (χ0) is 23.6. The van der Waals surface area contributed by atoms with E-state index in [2.05, 4.69) is 4.98 Å². The number of carbonyl (C=O) groups excluding carboxylic acids is 1. The number of esters is 1. The lowest BCUT2D eigenvalue weighted by Crippen LogP contribution is -2.04. The molecule has 0 amide bonds. The summed E-state index contributed by atoms with van der Waals surface area (Å²) in [6, 6.07) is 22.4. The van der Waals surface area contributed by atoms with Crippen molar-refractivity contribution < 1.29 is 17.9 Å². The Morgan fingerprint density at radius 3 is 2.36 bits per heavy atom. The molecule has 0 unspecified atom stereocenters. The number of ether oxygens (including phenoxy) is 1.